The molecule has 118 valence electrons. The molecule has 2 amide bonds. The lowest BCUT2D eigenvalue weighted by atomic mass is 10.1. The van der Waals surface area contributed by atoms with E-state index in [9.17, 15) is 9.59 Å². The summed E-state index contributed by atoms with van der Waals surface area (Å²) in [5.41, 5.74) is 0.948. The number of carbonyl (C=O) groups is 2. The van der Waals surface area contributed by atoms with Crippen molar-refractivity contribution in [3.8, 4) is 0 Å². The van der Waals surface area contributed by atoms with Gasteiger partial charge < -0.3 is 10.2 Å². The smallest absolute Gasteiger partial charge is 0.225 e. The highest BCUT2D eigenvalue weighted by Gasteiger charge is 2.42. The molecule has 2 aliphatic carbocycles. The van der Waals surface area contributed by atoms with E-state index in [0.717, 1.165) is 18.5 Å². The summed E-state index contributed by atoms with van der Waals surface area (Å²) in [5, 5.41) is 6.29. The molecule has 0 spiro atoms. The highest BCUT2D eigenvalue weighted by molar-refractivity contribution is 7.09. The molecule has 22 heavy (non-hydrogen) atoms. The van der Waals surface area contributed by atoms with E-state index in [1.807, 2.05) is 11.8 Å². The predicted molar refractivity (Wildman–Crippen MR) is 83.5 cm³/mol. The van der Waals surface area contributed by atoms with E-state index in [1.165, 1.54) is 17.8 Å². The van der Waals surface area contributed by atoms with Gasteiger partial charge in [0.15, 0.2) is 0 Å². The molecule has 1 saturated heterocycles. The fourth-order valence-corrected chi connectivity index (χ4v) is 4.15. The summed E-state index contributed by atoms with van der Waals surface area (Å²) >= 11 is 1.70. The minimum Gasteiger partial charge on any atom is -0.348 e. The number of carbonyl (C=O) groups excluding carboxylic acids is 2. The van der Waals surface area contributed by atoms with Crippen LogP contribution in [0, 0.1) is 5.92 Å². The molecular formula is C16H21N3O2S. The van der Waals surface area contributed by atoms with Gasteiger partial charge in [0.25, 0.3) is 0 Å². The number of hydrogen-bond donors (Lipinski definition) is 1. The third-order valence-corrected chi connectivity index (χ3v) is 5.81. The van der Waals surface area contributed by atoms with Crippen LogP contribution in [-0.4, -0.2) is 34.3 Å². The van der Waals surface area contributed by atoms with Gasteiger partial charge in [-0.2, -0.15) is 0 Å². The minimum absolute atomic E-state index is 0.00929. The SMILES string of the molecule is C[C@@H](NC(=O)[C@H]1CC(=O)N(C2CC2)C1)c1csc(C2CC2)n1. The maximum Gasteiger partial charge on any atom is 0.225 e. The number of aromatic nitrogens is 1. The summed E-state index contributed by atoms with van der Waals surface area (Å²) in [6, 6.07) is 0.323. The van der Waals surface area contributed by atoms with Gasteiger partial charge in [-0.25, -0.2) is 4.98 Å². The largest absolute Gasteiger partial charge is 0.348 e. The number of thiazole rings is 1. The number of likely N-dealkylation sites (tertiary alicyclic amines) is 1. The Hall–Kier alpha value is -1.43. The van der Waals surface area contributed by atoms with Crippen molar-refractivity contribution < 1.29 is 9.59 Å². The average Bonchev–Trinajstić information content (AvgIpc) is 3.42. The molecule has 5 nitrogen and oxygen atoms in total. The van der Waals surface area contributed by atoms with Crippen LogP contribution in [-0.2, 0) is 9.59 Å². The molecule has 1 aromatic rings. The second kappa shape index (κ2) is 5.33. The monoisotopic (exact) mass is 319 g/mol. The van der Waals surface area contributed by atoms with Crippen LogP contribution in [0.1, 0.15) is 61.7 Å². The van der Waals surface area contributed by atoms with Crippen LogP contribution in [0.25, 0.3) is 0 Å². The number of nitrogens with one attached hydrogen (secondary N) is 1. The van der Waals surface area contributed by atoms with Crippen molar-refractivity contribution in [2.24, 2.45) is 5.92 Å². The molecule has 0 bridgehead atoms. The Bertz CT molecular complexity index is 606. The molecule has 0 unspecified atom stereocenters. The Kier molecular flexibility index (Phi) is 3.44. The van der Waals surface area contributed by atoms with Crippen LogP contribution in [0.5, 0.6) is 0 Å². The number of hydrogen-bond acceptors (Lipinski definition) is 4. The first-order valence-corrected chi connectivity index (χ1v) is 9.05. The maximum absolute atomic E-state index is 12.4. The van der Waals surface area contributed by atoms with Crippen molar-refractivity contribution in [1.82, 2.24) is 15.2 Å². The normalized spacial score (nSPS) is 26.3. The third-order valence-electron chi connectivity index (χ3n) is 4.79. The number of nitrogens with zero attached hydrogens (tertiary/aromatic N) is 2. The van der Waals surface area contributed by atoms with E-state index in [2.05, 4.69) is 15.7 Å². The van der Waals surface area contributed by atoms with E-state index in [-0.39, 0.29) is 23.8 Å². The van der Waals surface area contributed by atoms with E-state index >= 15 is 0 Å². The zero-order chi connectivity index (χ0) is 15.3. The number of amides is 2. The van der Waals surface area contributed by atoms with Crippen LogP contribution in [0.15, 0.2) is 5.38 Å². The quantitative estimate of drug-likeness (QED) is 0.905. The lowest BCUT2D eigenvalue weighted by molar-refractivity contribution is -0.129. The Labute approximate surface area is 134 Å². The first-order chi connectivity index (χ1) is 10.6. The van der Waals surface area contributed by atoms with Crippen LogP contribution in [0.4, 0.5) is 0 Å². The second-order valence-corrected chi connectivity index (χ2v) is 7.68. The molecule has 2 atom stereocenters. The van der Waals surface area contributed by atoms with Gasteiger partial charge in [-0.05, 0) is 32.6 Å². The maximum atomic E-state index is 12.4. The van der Waals surface area contributed by atoms with Gasteiger partial charge in [0, 0.05) is 30.3 Å². The molecule has 2 saturated carbocycles. The Morgan fingerprint density at radius 2 is 2.18 bits per heavy atom. The van der Waals surface area contributed by atoms with Gasteiger partial charge in [-0.15, -0.1) is 11.3 Å². The third kappa shape index (κ3) is 2.76. The molecule has 1 aliphatic heterocycles. The summed E-state index contributed by atoms with van der Waals surface area (Å²) in [4.78, 5) is 30.9. The topological polar surface area (TPSA) is 62.3 Å². The molecule has 2 heterocycles. The van der Waals surface area contributed by atoms with Crippen molar-refractivity contribution in [3.63, 3.8) is 0 Å². The molecule has 3 fully saturated rings. The van der Waals surface area contributed by atoms with Gasteiger partial charge in [-0.1, -0.05) is 0 Å². The molecular weight excluding hydrogens is 298 g/mol. The minimum atomic E-state index is -0.197. The van der Waals surface area contributed by atoms with E-state index in [1.54, 1.807) is 11.3 Å². The zero-order valence-electron chi connectivity index (χ0n) is 12.7. The standard InChI is InChI=1S/C16H21N3O2S/c1-9(13-8-22-16(18-13)10-2-3-10)17-15(21)11-6-14(20)19(7-11)12-4-5-12/h8-12H,2-7H2,1H3,(H,17,21)/t9-,11+/m1/s1. The highest BCUT2D eigenvalue weighted by atomic mass is 32.1. The molecule has 3 aliphatic rings. The van der Waals surface area contributed by atoms with Crippen molar-refractivity contribution in [2.45, 2.75) is 57.0 Å². The van der Waals surface area contributed by atoms with Crippen LogP contribution in [0.2, 0.25) is 0 Å². The lowest BCUT2D eigenvalue weighted by Gasteiger charge is -2.17. The molecule has 0 aromatic carbocycles. The fraction of sp³-hybridized carbons (Fsp3) is 0.688. The highest BCUT2D eigenvalue weighted by Crippen LogP contribution is 2.41. The van der Waals surface area contributed by atoms with Crippen molar-refractivity contribution >= 4 is 23.2 Å². The van der Waals surface area contributed by atoms with Crippen molar-refractivity contribution in [3.05, 3.63) is 16.1 Å². The number of rotatable bonds is 5. The van der Waals surface area contributed by atoms with Gasteiger partial charge >= 0.3 is 0 Å². The van der Waals surface area contributed by atoms with Gasteiger partial charge in [0.1, 0.15) is 0 Å². The Morgan fingerprint density at radius 1 is 1.41 bits per heavy atom. The Morgan fingerprint density at radius 3 is 2.86 bits per heavy atom. The van der Waals surface area contributed by atoms with E-state index < -0.39 is 0 Å². The first-order valence-electron chi connectivity index (χ1n) is 8.17. The van der Waals surface area contributed by atoms with Crippen molar-refractivity contribution in [2.75, 3.05) is 6.54 Å². The van der Waals surface area contributed by atoms with Gasteiger partial charge in [0.05, 0.1) is 22.7 Å². The van der Waals surface area contributed by atoms with Gasteiger partial charge in [-0.3, -0.25) is 9.59 Å². The Balaban J connectivity index is 1.35. The summed E-state index contributed by atoms with van der Waals surface area (Å²) < 4.78 is 0. The average molecular weight is 319 g/mol. The first kappa shape index (κ1) is 14.2. The van der Waals surface area contributed by atoms with E-state index in [4.69, 9.17) is 0 Å². The summed E-state index contributed by atoms with van der Waals surface area (Å²) in [6.07, 6.45) is 5.04. The fourth-order valence-electron chi connectivity index (χ4n) is 3.07. The molecule has 1 aromatic heterocycles. The molecule has 6 heteroatoms. The van der Waals surface area contributed by atoms with E-state index in [0.29, 0.717) is 24.9 Å². The predicted octanol–water partition coefficient (Wildman–Crippen LogP) is 2.21. The van der Waals surface area contributed by atoms with Crippen LogP contribution < -0.4 is 5.32 Å². The second-order valence-electron chi connectivity index (χ2n) is 6.79. The van der Waals surface area contributed by atoms with Crippen LogP contribution in [0.3, 0.4) is 0 Å². The van der Waals surface area contributed by atoms with Gasteiger partial charge in [0.2, 0.25) is 11.8 Å². The summed E-state index contributed by atoms with van der Waals surface area (Å²) in [5.74, 6) is 0.586. The molecule has 1 N–H and O–H groups in total. The lowest BCUT2D eigenvalue weighted by Crippen LogP contribution is -2.35. The zero-order valence-corrected chi connectivity index (χ0v) is 13.6. The van der Waals surface area contributed by atoms with Crippen LogP contribution >= 0.6 is 11.3 Å². The molecule has 0 radical (unpaired) electrons. The van der Waals surface area contributed by atoms with Crippen molar-refractivity contribution in [1.29, 1.82) is 0 Å². The summed E-state index contributed by atoms with van der Waals surface area (Å²) in [7, 11) is 0. The summed E-state index contributed by atoms with van der Waals surface area (Å²) in [6.45, 7) is 2.56. The molecule has 4 rings (SSSR count).